The summed E-state index contributed by atoms with van der Waals surface area (Å²) in [7, 11) is 0. The van der Waals surface area contributed by atoms with Gasteiger partial charge in [-0.25, -0.2) is 9.37 Å². The minimum atomic E-state index is -0.153. The van der Waals surface area contributed by atoms with E-state index in [0.717, 1.165) is 49.0 Å². The zero-order valence-corrected chi connectivity index (χ0v) is 14.9. The molecule has 2 saturated carbocycles. The molecule has 2 aliphatic rings. The lowest BCUT2D eigenvalue weighted by atomic mass is 9.78. The second-order valence-electron chi connectivity index (χ2n) is 7.50. The lowest BCUT2D eigenvalue weighted by Crippen LogP contribution is -2.17. The van der Waals surface area contributed by atoms with Crippen LogP contribution in [0.2, 0.25) is 5.15 Å². The number of aryl methyl sites for hydroxylation is 1. The quantitative estimate of drug-likeness (QED) is 0.680. The highest BCUT2D eigenvalue weighted by atomic mass is 35.5. The lowest BCUT2D eigenvalue weighted by molar-refractivity contribution is 0.374. The minimum Gasteiger partial charge on any atom is -0.318 e. The molecule has 0 radical (unpaired) electrons. The van der Waals surface area contributed by atoms with E-state index in [1.807, 2.05) is 19.1 Å². The van der Waals surface area contributed by atoms with Crippen LogP contribution in [0.5, 0.6) is 0 Å². The van der Waals surface area contributed by atoms with E-state index >= 15 is 0 Å². The summed E-state index contributed by atoms with van der Waals surface area (Å²) in [4.78, 5) is 4.81. The van der Waals surface area contributed by atoms with Crippen LogP contribution in [0.1, 0.15) is 67.4 Å². The molecule has 2 aromatic rings. The molecule has 0 unspecified atom stereocenters. The lowest BCUT2D eigenvalue weighted by Gasteiger charge is -2.29. The standard InChI is InChI=1S/C20H24ClFN2/c1-13-19(21)24(12-14-2-3-14)20(23-13)17-6-4-15(5-7-17)16-8-10-18(22)11-9-16/h8-11,14-15,17H,2-7,12H2,1H3. The molecule has 128 valence electrons. The van der Waals surface area contributed by atoms with Crippen LogP contribution in [0.25, 0.3) is 0 Å². The predicted octanol–water partition coefficient (Wildman–Crippen LogP) is 5.84. The van der Waals surface area contributed by atoms with E-state index in [2.05, 4.69) is 4.57 Å². The Hall–Kier alpha value is -1.35. The van der Waals surface area contributed by atoms with Gasteiger partial charge in [0.1, 0.15) is 16.8 Å². The topological polar surface area (TPSA) is 17.8 Å². The molecule has 0 bridgehead atoms. The highest BCUT2D eigenvalue weighted by molar-refractivity contribution is 6.30. The third-order valence-electron chi connectivity index (χ3n) is 5.67. The van der Waals surface area contributed by atoms with Gasteiger partial charge in [0.15, 0.2) is 0 Å². The average Bonchev–Trinajstić information content (AvgIpc) is 3.37. The number of benzene rings is 1. The molecule has 1 aromatic carbocycles. The van der Waals surface area contributed by atoms with Crippen molar-refractivity contribution in [3.8, 4) is 0 Å². The second-order valence-corrected chi connectivity index (χ2v) is 7.86. The summed E-state index contributed by atoms with van der Waals surface area (Å²) in [5.41, 5.74) is 2.23. The van der Waals surface area contributed by atoms with Crippen molar-refractivity contribution in [3.63, 3.8) is 0 Å². The normalized spacial score (nSPS) is 24.3. The van der Waals surface area contributed by atoms with Gasteiger partial charge in [0, 0.05) is 12.5 Å². The molecule has 2 fully saturated rings. The number of halogens is 2. The van der Waals surface area contributed by atoms with Gasteiger partial charge in [0.05, 0.1) is 5.69 Å². The fraction of sp³-hybridized carbons (Fsp3) is 0.550. The van der Waals surface area contributed by atoms with Crippen LogP contribution in [-0.4, -0.2) is 9.55 Å². The van der Waals surface area contributed by atoms with E-state index in [9.17, 15) is 4.39 Å². The van der Waals surface area contributed by atoms with Crippen molar-refractivity contribution in [3.05, 3.63) is 52.3 Å². The van der Waals surface area contributed by atoms with Gasteiger partial charge >= 0.3 is 0 Å². The van der Waals surface area contributed by atoms with Gasteiger partial charge in [-0.2, -0.15) is 0 Å². The largest absolute Gasteiger partial charge is 0.318 e. The molecular formula is C20H24ClFN2. The first-order valence-corrected chi connectivity index (χ1v) is 9.47. The molecule has 0 N–H and O–H groups in total. The fourth-order valence-electron chi connectivity index (χ4n) is 4.04. The van der Waals surface area contributed by atoms with Gasteiger partial charge in [-0.3, -0.25) is 0 Å². The summed E-state index contributed by atoms with van der Waals surface area (Å²) in [6, 6.07) is 7.03. The average molecular weight is 347 g/mol. The second kappa shape index (κ2) is 6.51. The number of imidazole rings is 1. The molecule has 0 atom stereocenters. The van der Waals surface area contributed by atoms with Gasteiger partial charge in [-0.1, -0.05) is 23.7 Å². The summed E-state index contributed by atoms with van der Waals surface area (Å²) >= 11 is 6.51. The van der Waals surface area contributed by atoms with Crippen molar-refractivity contribution in [2.24, 2.45) is 5.92 Å². The molecule has 1 aromatic heterocycles. The highest BCUT2D eigenvalue weighted by Crippen LogP contribution is 2.42. The molecule has 2 aliphatic carbocycles. The number of hydrogen-bond donors (Lipinski definition) is 0. The molecule has 4 heteroatoms. The van der Waals surface area contributed by atoms with Crippen LogP contribution in [0.3, 0.4) is 0 Å². The third-order valence-corrected chi connectivity index (χ3v) is 6.14. The van der Waals surface area contributed by atoms with Gasteiger partial charge in [-0.15, -0.1) is 0 Å². The van der Waals surface area contributed by atoms with Crippen molar-refractivity contribution in [2.75, 3.05) is 0 Å². The predicted molar refractivity (Wildman–Crippen MR) is 95.0 cm³/mol. The van der Waals surface area contributed by atoms with Crippen LogP contribution in [0.4, 0.5) is 4.39 Å². The summed E-state index contributed by atoms with van der Waals surface area (Å²) < 4.78 is 15.4. The summed E-state index contributed by atoms with van der Waals surface area (Å²) in [6.45, 7) is 3.05. The van der Waals surface area contributed by atoms with Crippen LogP contribution in [0, 0.1) is 18.7 Å². The Balaban J connectivity index is 1.47. The SMILES string of the molecule is Cc1nc(C2CCC(c3ccc(F)cc3)CC2)n(CC2CC2)c1Cl. The van der Waals surface area contributed by atoms with E-state index in [0.29, 0.717) is 11.8 Å². The van der Waals surface area contributed by atoms with E-state index in [4.69, 9.17) is 16.6 Å². The molecule has 4 rings (SSSR count). The fourth-order valence-corrected chi connectivity index (χ4v) is 4.24. The van der Waals surface area contributed by atoms with E-state index in [1.165, 1.54) is 24.2 Å². The number of nitrogens with zero attached hydrogens (tertiary/aromatic N) is 2. The smallest absolute Gasteiger partial charge is 0.131 e. The van der Waals surface area contributed by atoms with E-state index in [-0.39, 0.29) is 5.82 Å². The van der Waals surface area contributed by atoms with Crippen molar-refractivity contribution in [2.45, 2.75) is 63.8 Å². The number of rotatable bonds is 4. The Kier molecular flexibility index (Phi) is 4.38. The Morgan fingerprint density at radius 2 is 1.67 bits per heavy atom. The first-order chi connectivity index (χ1) is 11.6. The Bertz CT molecular complexity index is 710. The van der Waals surface area contributed by atoms with Crippen LogP contribution in [-0.2, 0) is 6.54 Å². The summed E-state index contributed by atoms with van der Waals surface area (Å²) in [5.74, 6) is 2.89. The van der Waals surface area contributed by atoms with E-state index in [1.54, 1.807) is 12.1 Å². The Morgan fingerprint density at radius 1 is 1.04 bits per heavy atom. The zero-order valence-electron chi connectivity index (χ0n) is 14.1. The van der Waals surface area contributed by atoms with Crippen molar-refractivity contribution in [1.82, 2.24) is 9.55 Å². The molecule has 0 aliphatic heterocycles. The van der Waals surface area contributed by atoms with Gasteiger partial charge in [0.2, 0.25) is 0 Å². The maximum absolute atomic E-state index is 13.1. The van der Waals surface area contributed by atoms with Crippen molar-refractivity contribution < 1.29 is 4.39 Å². The molecule has 0 spiro atoms. The third kappa shape index (κ3) is 3.23. The first kappa shape index (κ1) is 16.1. The molecule has 2 nitrogen and oxygen atoms in total. The zero-order chi connectivity index (χ0) is 16.7. The molecule has 1 heterocycles. The summed E-state index contributed by atoms with van der Waals surface area (Å²) in [6.07, 6.45) is 7.21. The minimum absolute atomic E-state index is 0.153. The molecule has 0 amide bonds. The molecule has 0 saturated heterocycles. The Morgan fingerprint density at radius 3 is 2.29 bits per heavy atom. The number of hydrogen-bond acceptors (Lipinski definition) is 1. The number of aromatic nitrogens is 2. The van der Waals surface area contributed by atoms with Crippen LogP contribution < -0.4 is 0 Å². The van der Waals surface area contributed by atoms with Crippen molar-refractivity contribution >= 4 is 11.6 Å². The van der Waals surface area contributed by atoms with Gasteiger partial charge in [-0.05, 0) is 75.0 Å². The van der Waals surface area contributed by atoms with Crippen LogP contribution >= 0.6 is 11.6 Å². The van der Waals surface area contributed by atoms with Crippen molar-refractivity contribution in [1.29, 1.82) is 0 Å². The van der Waals surface area contributed by atoms with E-state index < -0.39 is 0 Å². The summed E-state index contributed by atoms with van der Waals surface area (Å²) in [5, 5.41) is 0.831. The highest BCUT2D eigenvalue weighted by Gasteiger charge is 2.30. The molecular weight excluding hydrogens is 323 g/mol. The first-order valence-electron chi connectivity index (χ1n) is 9.10. The monoisotopic (exact) mass is 346 g/mol. The molecule has 24 heavy (non-hydrogen) atoms. The van der Waals surface area contributed by atoms with Gasteiger partial charge in [0.25, 0.3) is 0 Å². The van der Waals surface area contributed by atoms with Crippen LogP contribution in [0.15, 0.2) is 24.3 Å². The Labute approximate surface area is 148 Å². The maximum atomic E-state index is 13.1. The van der Waals surface area contributed by atoms with Gasteiger partial charge < -0.3 is 4.57 Å². The maximum Gasteiger partial charge on any atom is 0.131 e.